The fraction of sp³-hybridized carbons (Fsp3) is 0.650. The fourth-order valence-corrected chi connectivity index (χ4v) is 5.43. The van der Waals surface area contributed by atoms with Crippen LogP contribution in [-0.2, 0) is 14.8 Å². The Bertz CT molecular complexity index is 786. The number of carbonyl (C=O) groups excluding carboxylic acids is 1. The molecule has 0 spiro atoms. The van der Waals surface area contributed by atoms with Gasteiger partial charge in [0.25, 0.3) is 0 Å². The Kier molecular flexibility index (Phi) is 6.23. The highest BCUT2D eigenvalue weighted by Crippen LogP contribution is 2.21. The van der Waals surface area contributed by atoms with Crippen molar-refractivity contribution in [1.82, 2.24) is 14.1 Å². The van der Waals surface area contributed by atoms with Crippen molar-refractivity contribution in [1.29, 1.82) is 0 Å². The van der Waals surface area contributed by atoms with Crippen LogP contribution in [0.1, 0.15) is 30.9 Å². The quantitative estimate of drug-likeness (QED) is 0.784. The Morgan fingerprint density at radius 3 is 2.41 bits per heavy atom. The lowest BCUT2D eigenvalue weighted by molar-refractivity contribution is -0.134. The molecule has 2 fully saturated rings. The molecule has 2 aliphatic rings. The molecule has 2 heterocycles. The zero-order chi connectivity index (χ0) is 19.6. The van der Waals surface area contributed by atoms with Gasteiger partial charge in [-0.2, -0.15) is 4.31 Å². The van der Waals surface area contributed by atoms with Crippen molar-refractivity contribution in [2.24, 2.45) is 5.92 Å². The molecular weight excluding hydrogens is 362 g/mol. The van der Waals surface area contributed by atoms with Gasteiger partial charge in [-0.15, -0.1) is 0 Å². The van der Waals surface area contributed by atoms with Crippen LogP contribution in [0.15, 0.2) is 23.1 Å². The maximum Gasteiger partial charge on any atom is 0.243 e. The van der Waals surface area contributed by atoms with Crippen LogP contribution in [-0.4, -0.2) is 74.2 Å². The molecule has 2 saturated heterocycles. The smallest absolute Gasteiger partial charge is 0.243 e. The molecular formula is C20H31N3O3S. The summed E-state index contributed by atoms with van der Waals surface area (Å²) in [6.07, 6.45) is 2.39. The summed E-state index contributed by atoms with van der Waals surface area (Å²) in [5, 5.41) is 0. The minimum atomic E-state index is -3.50. The highest BCUT2D eigenvalue weighted by molar-refractivity contribution is 7.89. The van der Waals surface area contributed by atoms with E-state index in [2.05, 4.69) is 11.8 Å². The normalized spacial score (nSPS) is 22.8. The Balaban J connectivity index is 1.57. The summed E-state index contributed by atoms with van der Waals surface area (Å²) in [5.74, 6) is 0.763. The molecule has 6 nitrogen and oxygen atoms in total. The number of hydrogen-bond acceptors (Lipinski definition) is 4. The van der Waals surface area contributed by atoms with Crippen LogP contribution < -0.4 is 0 Å². The number of piperazine rings is 1. The second-order valence-corrected chi connectivity index (χ2v) is 9.95. The molecule has 1 amide bonds. The minimum absolute atomic E-state index is 0.118. The number of likely N-dealkylation sites (tertiary alicyclic amines) is 1. The van der Waals surface area contributed by atoms with Crippen LogP contribution in [0.5, 0.6) is 0 Å². The number of hydrogen-bond donors (Lipinski definition) is 0. The van der Waals surface area contributed by atoms with E-state index in [1.54, 1.807) is 12.1 Å². The van der Waals surface area contributed by atoms with Crippen molar-refractivity contribution < 1.29 is 13.2 Å². The van der Waals surface area contributed by atoms with Crippen molar-refractivity contribution in [3.63, 3.8) is 0 Å². The van der Waals surface area contributed by atoms with Gasteiger partial charge in [0.1, 0.15) is 0 Å². The summed E-state index contributed by atoms with van der Waals surface area (Å²) in [6.45, 7) is 10.2. The molecule has 0 unspecified atom stereocenters. The molecule has 0 aliphatic carbocycles. The topological polar surface area (TPSA) is 60.9 Å². The molecule has 1 atom stereocenters. The van der Waals surface area contributed by atoms with Crippen molar-refractivity contribution in [2.75, 3.05) is 45.8 Å². The van der Waals surface area contributed by atoms with Crippen molar-refractivity contribution in [3.8, 4) is 0 Å². The summed E-state index contributed by atoms with van der Waals surface area (Å²) in [7, 11) is -3.50. The Morgan fingerprint density at radius 2 is 1.78 bits per heavy atom. The predicted molar refractivity (Wildman–Crippen MR) is 106 cm³/mol. The van der Waals surface area contributed by atoms with Gasteiger partial charge >= 0.3 is 0 Å². The highest BCUT2D eigenvalue weighted by atomic mass is 32.2. The molecule has 1 aromatic rings. The third kappa shape index (κ3) is 4.70. The average molecular weight is 394 g/mol. The second kappa shape index (κ2) is 8.29. The SMILES string of the molecule is Cc1ccc(S(=O)(=O)N2CCN(C(=O)CN3CCC[C@H](C)C3)CC2)cc1C. The maximum atomic E-state index is 12.9. The first kappa shape index (κ1) is 20.3. The Hall–Kier alpha value is -1.44. The number of aryl methyl sites for hydroxylation is 2. The number of rotatable bonds is 4. The van der Waals surface area contributed by atoms with Gasteiger partial charge in [-0.3, -0.25) is 9.69 Å². The van der Waals surface area contributed by atoms with Gasteiger partial charge in [0.15, 0.2) is 0 Å². The third-order valence-corrected chi connectivity index (χ3v) is 7.70. The Labute approximate surface area is 163 Å². The van der Waals surface area contributed by atoms with Gasteiger partial charge in [-0.25, -0.2) is 8.42 Å². The highest BCUT2D eigenvalue weighted by Gasteiger charge is 2.31. The van der Waals surface area contributed by atoms with E-state index >= 15 is 0 Å². The van der Waals surface area contributed by atoms with Gasteiger partial charge in [0, 0.05) is 32.7 Å². The summed E-state index contributed by atoms with van der Waals surface area (Å²) in [6, 6.07) is 5.26. The summed E-state index contributed by atoms with van der Waals surface area (Å²) in [5.41, 5.74) is 2.05. The summed E-state index contributed by atoms with van der Waals surface area (Å²) < 4.78 is 27.3. The van der Waals surface area contributed by atoms with Crippen LogP contribution in [0.3, 0.4) is 0 Å². The van der Waals surface area contributed by atoms with E-state index in [-0.39, 0.29) is 5.91 Å². The molecule has 3 rings (SSSR count). The van der Waals surface area contributed by atoms with Gasteiger partial charge in [0.05, 0.1) is 11.4 Å². The zero-order valence-electron chi connectivity index (χ0n) is 16.6. The fourth-order valence-electron chi connectivity index (χ4n) is 3.92. The summed E-state index contributed by atoms with van der Waals surface area (Å²) >= 11 is 0. The van der Waals surface area contributed by atoms with Crippen molar-refractivity contribution in [3.05, 3.63) is 29.3 Å². The molecule has 0 aromatic heterocycles. The minimum Gasteiger partial charge on any atom is -0.339 e. The standard InChI is InChI=1S/C20H31N3O3S/c1-16-5-4-8-21(14-16)15-20(24)22-9-11-23(12-10-22)27(25,26)19-7-6-17(2)18(3)13-19/h6-7,13,16H,4-5,8-12,14-15H2,1-3H3/t16-/m0/s1. The first-order valence-electron chi connectivity index (χ1n) is 9.85. The summed E-state index contributed by atoms with van der Waals surface area (Å²) in [4.78, 5) is 17.0. The molecule has 1 aromatic carbocycles. The third-order valence-electron chi connectivity index (χ3n) is 5.81. The monoisotopic (exact) mass is 393 g/mol. The van der Waals surface area contributed by atoms with E-state index in [0.29, 0.717) is 43.5 Å². The lowest BCUT2D eigenvalue weighted by Gasteiger charge is -2.36. The second-order valence-electron chi connectivity index (χ2n) is 8.01. The van der Waals surface area contributed by atoms with Gasteiger partial charge < -0.3 is 4.90 Å². The molecule has 7 heteroatoms. The first-order valence-corrected chi connectivity index (χ1v) is 11.3. The van der Waals surface area contributed by atoms with E-state index in [1.807, 2.05) is 24.8 Å². The van der Waals surface area contributed by atoms with Crippen LogP contribution in [0, 0.1) is 19.8 Å². The molecule has 2 aliphatic heterocycles. The number of nitrogens with zero attached hydrogens (tertiary/aromatic N) is 3. The van der Waals surface area contributed by atoms with Gasteiger partial charge in [0.2, 0.25) is 15.9 Å². The number of piperidine rings is 1. The van der Waals surface area contributed by atoms with E-state index in [9.17, 15) is 13.2 Å². The predicted octanol–water partition coefficient (Wildman–Crippen LogP) is 1.87. The van der Waals surface area contributed by atoms with E-state index in [4.69, 9.17) is 0 Å². The molecule has 0 N–H and O–H groups in total. The largest absolute Gasteiger partial charge is 0.339 e. The van der Waals surface area contributed by atoms with E-state index in [0.717, 1.165) is 30.6 Å². The molecule has 150 valence electrons. The molecule has 0 saturated carbocycles. The number of sulfonamides is 1. The molecule has 0 bridgehead atoms. The van der Waals surface area contributed by atoms with E-state index < -0.39 is 10.0 Å². The van der Waals surface area contributed by atoms with Crippen LogP contribution in [0.4, 0.5) is 0 Å². The lowest BCUT2D eigenvalue weighted by atomic mass is 10.0. The lowest BCUT2D eigenvalue weighted by Crippen LogP contribution is -2.53. The van der Waals surface area contributed by atoms with Crippen molar-refractivity contribution >= 4 is 15.9 Å². The van der Waals surface area contributed by atoms with Crippen molar-refractivity contribution in [2.45, 2.75) is 38.5 Å². The van der Waals surface area contributed by atoms with Crippen LogP contribution in [0.25, 0.3) is 0 Å². The molecule has 27 heavy (non-hydrogen) atoms. The maximum absolute atomic E-state index is 12.9. The van der Waals surface area contributed by atoms with E-state index in [1.165, 1.54) is 10.7 Å². The van der Waals surface area contributed by atoms with Crippen LogP contribution in [0.2, 0.25) is 0 Å². The number of benzene rings is 1. The average Bonchev–Trinajstić information content (AvgIpc) is 2.64. The first-order chi connectivity index (χ1) is 12.8. The van der Waals surface area contributed by atoms with Gasteiger partial charge in [-0.1, -0.05) is 13.0 Å². The zero-order valence-corrected chi connectivity index (χ0v) is 17.5. The van der Waals surface area contributed by atoms with Gasteiger partial charge in [-0.05, 0) is 62.4 Å². The number of amides is 1. The number of carbonyl (C=O) groups is 1. The van der Waals surface area contributed by atoms with Crippen LogP contribution >= 0.6 is 0 Å². The Morgan fingerprint density at radius 1 is 1.07 bits per heavy atom. The molecule has 0 radical (unpaired) electrons.